The monoisotopic (exact) mass is 425 g/mol. The van der Waals surface area contributed by atoms with Gasteiger partial charge in [-0.25, -0.2) is 4.79 Å². The van der Waals surface area contributed by atoms with Crippen molar-refractivity contribution in [3.63, 3.8) is 0 Å². The Morgan fingerprint density at radius 2 is 1.55 bits per heavy atom. The van der Waals surface area contributed by atoms with Crippen LogP contribution in [0.15, 0.2) is 54.6 Å². The zero-order valence-corrected chi connectivity index (χ0v) is 18.3. The number of ether oxygens (including phenoxy) is 2. The minimum atomic E-state index is -0.684. The molecule has 1 aliphatic rings. The maximum Gasteiger partial charge on any atom is 0.328 e. The van der Waals surface area contributed by atoms with Crippen LogP contribution in [0.1, 0.15) is 11.1 Å². The molecule has 1 N–H and O–H groups in total. The van der Waals surface area contributed by atoms with Crippen LogP contribution in [0.3, 0.4) is 0 Å². The third-order valence-electron chi connectivity index (χ3n) is 5.50. The van der Waals surface area contributed by atoms with E-state index < -0.39 is 12.0 Å². The van der Waals surface area contributed by atoms with E-state index in [-0.39, 0.29) is 12.5 Å². The predicted octanol–water partition coefficient (Wildman–Crippen LogP) is 1.71. The summed E-state index contributed by atoms with van der Waals surface area (Å²) < 4.78 is 10.1. The summed E-state index contributed by atoms with van der Waals surface area (Å²) in [6.45, 7) is 4.56. The minimum absolute atomic E-state index is 0.157. The van der Waals surface area contributed by atoms with Crippen LogP contribution in [0.25, 0.3) is 0 Å². The summed E-state index contributed by atoms with van der Waals surface area (Å²) in [5, 5.41) is 2.84. The Balaban J connectivity index is 1.45. The summed E-state index contributed by atoms with van der Waals surface area (Å²) in [4.78, 5) is 29.2. The highest BCUT2D eigenvalue weighted by Gasteiger charge is 2.24. The second-order valence-electron chi connectivity index (χ2n) is 7.73. The van der Waals surface area contributed by atoms with Crippen LogP contribution in [-0.2, 0) is 27.3 Å². The topological polar surface area (TPSA) is 71.1 Å². The Bertz CT molecular complexity index is 834. The van der Waals surface area contributed by atoms with Crippen LogP contribution in [0.4, 0.5) is 0 Å². The van der Waals surface area contributed by atoms with Crippen LogP contribution >= 0.6 is 0 Å². The maximum atomic E-state index is 12.6. The van der Waals surface area contributed by atoms with Crippen molar-refractivity contribution >= 4 is 11.9 Å². The average Bonchev–Trinajstić information content (AvgIpc) is 2.80. The zero-order chi connectivity index (χ0) is 22.1. The number of esters is 1. The van der Waals surface area contributed by atoms with Gasteiger partial charge in [0.15, 0.2) is 0 Å². The van der Waals surface area contributed by atoms with Gasteiger partial charge in [0, 0.05) is 39.1 Å². The van der Waals surface area contributed by atoms with Gasteiger partial charge in [-0.3, -0.25) is 14.6 Å². The number of piperazine rings is 1. The highest BCUT2D eigenvalue weighted by molar-refractivity contribution is 5.85. The Labute approximate surface area is 183 Å². The number of hydrogen-bond acceptors (Lipinski definition) is 6. The molecule has 0 aliphatic carbocycles. The molecular weight excluding hydrogens is 394 g/mol. The van der Waals surface area contributed by atoms with E-state index in [4.69, 9.17) is 9.47 Å². The van der Waals surface area contributed by atoms with Crippen molar-refractivity contribution in [2.75, 3.05) is 46.9 Å². The third-order valence-corrected chi connectivity index (χ3v) is 5.50. The molecule has 0 radical (unpaired) electrons. The molecule has 2 aromatic carbocycles. The number of methoxy groups -OCH3 is 2. The van der Waals surface area contributed by atoms with Crippen molar-refractivity contribution in [1.29, 1.82) is 0 Å². The standard InChI is InChI=1S/C24H31N3O4/c1-30-21-10-8-20(9-11-21)17-26-12-14-27(15-13-26)18-23(28)25-22(24(29)31-2)16-19-6-4-3-5-7-19/h3-11,22H,12-18H2,1-2H3,(H,25,28)/t22-/m1/s1. The van der Waals surface area contributed by atoms with Crippen molar-refractivity contribution in [2.24, 2.45) is 0 Å². The predicted molar refractivity (Wildman–Crippen MR) is 119 cm³/mol. The number of rotatable bonds is 9. The number of nitrogens with zero attached hydrogens (tertiary/aromatic N) is 2. The van der Waals surface area contributed by atoms with E-state index >= 15 is 0 Å². The van der Waals surface area contributed by atoms with E-state index in [1.807, 2.05) is 42.5 Å². The summed E-state index contributed by atoms with van der Waals surface area (Å²) in [5.74, 6) is 0.272. The summed E-state index contributed by atoms with van der Waals surface area (Å²) in [5.41, 5.74) is 2.22. The highest BCUT2D eigenvalue weighted by atomic mass is 16.5. The van der Waals surface area contributed by atoms with Gasteiger partial charge in [0.25, 0.3) is 0 Å². The van der Waals surface area contributed by atoms with E-state index in [0.717, 1.165) is 44.0 Å². The summed E-state index contributed by atoms with van der Waals surface area (Å²) in [7, 11) is 3.01. The molecule has 0 bridgehead atoms. The molecule has 2 aromatic rings. The van der Waals surface area contributed by atoms with Gasteiger partial charge in [-0.05, 0) is 23.3 Å². The lowest BCUT2D eigenvalue weighted by atomic mass is 10.1. The van der Waals surface area contributed by atoms with Crippen molar-refractivity contribution in [3.05, 3.63) is 65.7 Å². The Morgan fingerprint density at radius 3 is 2.16 bits per heavy atom. The van der Waals surface area contributed by atoms with Gasteiger partial charge in [0.05, 0.1) is 20.8 Å². The minimum Gasteiger partial charge on any atom is -0.497 e. The number of benzene rings is 2. The molecule has 7 nitrogen and oxygen atoms in total. The number of hydrogen-bond donors (Lipinski definition) is 1. The molecule has 1 saturated heterocycles. The van der Waals surface area contributed by atoms with E-state index in [9.17, 15) is 9.59 Å². The molecule has 1 fully saturated rings. The molecule has 31 heavy (non-hydrogen) atoms. The number of carbonyl (C=O) groups excluding carboxylic acids is 2. The van der Waals surface area contributed by atoms with Crippen LogP contribution in [0.5, 0.6) is 5.75 Å². The van der Waals surface area contributed by atoms with Crippen molar-refractivity contribution in [2.45, 2.75) is 19.0 Å². The van der Waals surface area contributed by atoms with Gasteiger partial charge < -0.3 is 14.8 Å². The Kier molecular flexibility index (Phi) is 8.44. The molecule has 3 rings (SSSR count). The normalized spacial score (nSPS) is 15.8. The smallest absolute Gasteiger partial charge is 0.328 e. The van der Waals surface area contributed by atoms with E-state index in [1.54, 1.807) is 7.11 Å². The van der Waals surface area contributed by atoms with Gasteiger partial charge in [-0.2, -0.15) is 0 Å². The quantitative estimate of drug-likeness (QED) is 0.617. The fourth-order valence-corrected chi connectivity index (χ4v) is 3.72. The van der Waals surface area contributed by atoms with Crippen LogP contribution < -0.4 is 10.1 Å². The van der Waals surface area contributed by atoms with Gasteiger partial charge in [0.1, 0.15) is 11.8 Å². The first kappa shape index (κ1) is 22.8. The fourth-order valence-electron chi connectivity index (χ4n) is 3.72. The third kappa shape index (κ3) is 7.08. The Hall–Kier alpha value is -2.90. The molecule has 1 amide bonds. The maximum absolute atomic E-state index is 12.6. The van der Waals surface area contributed by atoms with E-state index in [1.165, 1.54) is 12.7 Å². The lowest BCUT2D eigenvalue weighted by molar-refractivity contribution is -0.145. The fraction of sp³-hybridized carbons (Fsp3) is 0.417. The largest absolute Gasteiger partial charge is 0.497 e. The first-order chi connectivity index (χ1) is 15.1. The molecule has 0 aromatic heterocycles. The molecule has 0 saturated carbocycles. The van der Waals surface area contributed by atoms with Gasteiger partial charge in [0.2, 0.25) is 5.91 Å². The molecule has 0 spiro atoms. The van der Waals surface area contributed by atoms with Crippen LogP contribution in [0.2, 0.25) is 0 Å². The van der Waals surface area contributed by atoms with E-state index in [0.29, 0.717) is 6.42 Å². The summed E-state index contributed by atoms with van der Waals surface area (Å²) >= 11 is 0. The van der Waals surface area contributed by atoms with Crippen molar-refractivity contribution in [3.8, 4) is 5.75 Å². The second-order valence-corrected chi connectivity index (χ2v) is 7.73. The lowest BCUT2D eigenvalue weighted by Gasteiger charge is -2.34. The van der Waals surface area contributed by atoms with Gasteiger partial charge >= 0.3 is 5.97 Å². The molecule has 7 heteroatoms. The molecular formula is C24H31N3O4. The zero-order valence-electron chi connectivity index (χ0n) is 18.3. The van der Waals surface area contributed by atoms with Gasteiger partial charge in [-0.1, -0.05) is 42.5 Å². The molecule has 1 heterocycles. The molecule has 1 atom stereocenters. The van der Waals surface area contributed by atoms with Gasteiger partial charge in [-0.15, -0.1) is 0 Å². The number of carbonyl (C=O) groups is 2. The summed E-state index contributed by atoms with van der Waals surface area (Å²) in [6, 6.07) is 17.0. The van der Waals surface area contributed by atoms with Crippen LogP contribution in [0, 0.1) is 0 Å². The highest BCUT2D eigenvalue weighted by Crippen LogP contribution is 2.14. The number of amides is 1. The van der Waals surface area contributed by atoms with Crippen molar-refractivity contribution in [1.82, 2.24) is 15.1 Å². The molecule has 1 aliphatic heterocycles. The number of nitrogens with one attached hydrogen (secondary N) is 1. The first-order valence-electron chi connectivity index (χ1n) is 10.6. The van der Waals surface area contributed by atoms with Crippen molar-refractivity contribution < 1.29 is 19.1 Å². The first-order valence-corrected chi connectivity index (χ1v) is 10.6. The Morgan fingerprint density at radius 1 is 0.903 bits per heavy atom. The lowest BCUT2D eigenvalue weighted by Crippen LogP contribution is -2.51. The SMILES string of the molecule is COC(=O)[C@@H](Cc1ccccc1)NC(=O)CN1CCN(Cc2ccc(OC)cc2)CC1. The summed E-state index contributed by atoms with van der Waals surface area (Å²) in [6.07, 6.45) is 0.412. The molecule has 0 unspecified atom stereocenters. The van der Waals surface area contributed by atoms with E-state index in [2.05, 4.69) is 27.2 Å². The second kappa shape index (κ2) is 11.5. The average molecular weight is 426 g/mol. The molecule has 166 valence electrons. The van der Waals surface area contributed by atoms with Crippen LogP contribution in [-0.4, -0.2) is 74.7 Å².